The standard InChI is InChI=1S/C22H20ClN5O2/c1-14-5-3-8-18-21(14)24-13-27(22(18)30)10-9-20(29)25-19-11-15(2)26-28(19)17-7-4-6-16(23)12-17/h3-8,11-13H,9-10H2,1-2H3,(H,25,29). The van der Waals surface area contributed by atoms with Crippen LogP contribution in [0.2, 0.25) is 5.02 Å². The van der Waals surface area contributed by atoms with E-state index in [-0.39, 0.29) is 24.4 Å². The smallest absolute Gasteiger partial charge is 0.261 e. The van der Waals surface area contributed by atoms with E-state index in [4.69, 9.17) is 11.6 Å². The van der Waals surface area contributed by atoms with Gasteiger partial charge in [-0.1, -0.05) is 29.8 Å². The van der Waals surface area contributed by atoms with Gasteiger partial charge in [0.25, 0.3) is 5.56 Å². The van der Waals surface area contributed by atoms with E-state index in [9.17, 15) is 9.59 Å². The van der Waals surface area contributed by atoms with Crippen molar-refractivity contribution >= 4 is 34.2 Å². The minimum atomic E-state index is -0.227. The van der Waals surface area contributed by atoms with Crippen molar-refractivity contribution in [3.63, 3.8) is 0 Å². The summed E-state index contributed by atoms with van der Waals surface area (Å²) >= 11 is 6.08. The van der Waals surface area contributed by atoms with Gasteiger partial charge in [0.1, 0.15) is 5.82 Å². The Labute approximate surface area is 177 Å². The molecule has 0 aliphatic rings. The van der Waals surface area contributed by atoms with Crippen LogP contribution >= 0.6 is 11.6 Å². The molecule has 1 amide bonds. The fraction of sp³-hybridized carbons (Fsp3) is 0.182. The van der Waals surface area contributed by atoms with Gasteiger partial charge in [0.15, 0.2) is 0 Å². The fourth-order valence-corrected chi connectivity index (χ4v) is 3.50. The fourth-order valence-electron chi connectivity index (χ4n) is 3.32. The Kier molecular flexibility index (Phi) is 5.37. The predicted octanol–water partition coefficient (Wildman–Crippen LogP) is 3.88. The topological polar surface area (TPSA) is 81.8 Å². The van der Waals surface area contributed by atoms with Crippen LogP contribution in [0.4, 0.5) is 5.82 Å². The van der Waals surface area contributed by atoms with E-state index >= 15 is 0 Å². The van der Waals surface area contributed by atoms with Gasteiger partial charge in [-0.3, -0.25) is 14.2 Å². The number of halogens is 1. The molecule has 2 heterocycles. The summed E-state index contributed by atoms with van der Waals surface area (Å²) in [4.78, 5) is 29.6. The second-order valence-corrected chi connectivity index (χ2v) is 7.51. The van der Waals surface area contributed by atoms with Crippen molar-refractivity contribution in [2.24, 2.45) is 0 Å². The number of nitrogens with zero attached hydrogens (tertiary/aromatic N) is 4. The molecule has 0 atom stereocenters. The summed E-state index contributed by atoms with van der Waals surface area (Å²) < 4.78 is 3.09. The number of amides is 1. The summed E-state index contributed by atoms with van der Waals surface area (Å²) in [6.45, 7) is 3.99. The number of nitrogens with one attached hydrogen (secondary N) is 1. The molecule has 0 fully saturated rings. The lowest BCUT2D eigenvalue weighted by Gasteiger charge is -2.10. The van der Waals surface area contributed by atoms with Crippen LogP contribution in [0.1, 0.15) is 17.7 Å². The molecule has 0 bridgehead atoms. The van der Waals surface area contributed by atoms with Crippen molar-refractivity contribution in [3.8, 4) is 5.69 Å². The molecule has 2 aromatic carbocycles. The van der Waals surface area contributed by atoms with Crippen molar-refractivity contribution in [1.82, 2.24) is 19.3 Å². The molecule has 4 rings (SSSR count). The van der Waals surface area contributed by atoms with E-state index in [2.05, 4.69) is 15.4 Å². The summed E-state index contributed by atoms with van der Waals surface area (Å²) in [6, 6.07) is 14.5. The van der Waals surface area contributed by atoms with E-state index < -0.39 is 0 Å². The van der Waals surface area contributed by atoms with Crippen LogP contribution < -0.4 is 10.9 Å². The molecule has 0 aliphatic heterocycles. The van der Waals surface area contributed by atoms with Gasteiger partial charge in [-0.05, 0) is 43.7 Å². The molecule has 8 heteroatoms. The number of rotatable bonds is 5. The molecule has 0 unspecified atom stereocenters. The third kappa shape index (κ3) is 3.97. The third-order valence-corrected chi connectivity index (χ3v) is 5.02. The SMILES string of the molecule is Cc1cc(NC(=O)CCn2cnc3c(C)cccc3c2=O)n(-c2cccc(Cl)c2)n1. The van der Waals surface area contributed by atoms with Gasteiger partial charge in [0.05, 0.1) is 28.6 Å². The molecular formula is C22H20ClN5O2. The van der Waals surface area contributed by atoms with Crippen molar-refractivity contribution in [1.29, 1.82) is 0 Å². The molecular weight excluding hydrogens is 402 g/mol. The van der Waals surface area contributed by atoms with Crippen LogP contribution in [-0.4, -0.2) is 25.2 Å². The number of carbonyl (C=O) groups excluding carboxylic acids is 1. The molecule has 0 aliphatic carbocycles. The Bertz CT molecular complexity index is 1310. The van der Waals surface area contributed by atoms with Gasteiger partial charge in [0, 0.05) is 24.1 Å². The normalized spacial score (nSPS) is 11.0. The second kappa shape index (κ2) is 8.12. The highest BCUT2D eigenvalue weighted by molar-refractivity contribution is 6.30. The summed E-state index contributed by atoms with van der Waals surface area (Å²) in [5.74, 6) is 0.314. The van der Waals surface area contributed by atoms with E-state index in [1.54, 1.807) is 28.9 Å². The number of aryl methyl sites for hydroxylation is 3. The van der Waals surface area contributed by atoms with Gasteiger partial charge in [0.2, 0.25) is 5.91 Å². The predicted molar refractivity (Wildman–Crippen MR) is 117 cm³/mol. The first kappa shape index (κ1) is 19.8. The van der Waals surface area contributed by atoms with Crippen LogP contribution in [0.5, 0.6) is 0 Å². The zero-order valence-corrected chi connectivity index (χ0v) is 17.3. The largest absolute Gasteiger partial charge is 0.311 e. The van der Waals surface area contributed by atoms with Gasteiger partial charge in [-0.15, -0.1) is 0 Å². The molecule has 0 radical (unpaired) electrons. The van der Waals surface area contributed by atoms with Crippen molar-refractivity contribution in [3.05, 3.63) is 81.5 Å². The lowest BCUT2D eigenvalue weighted by molar-refractivity contribution is -0.116. The first-order valence-corrected chi connectivity index (χ1v) is 9.87. The Morgan fingerprint density at radius 3 is 2.73 bits per heavy atom. The molecule has 0 saturated carbocycles. The van der Waals surface area contributed by atoms with E-state index in [0.29, 0.717) is 21.7 Å². The summed E-state index contributed by atoms with van der Waals surface area (Å²) in [7, 11) is 0. The number of aromatic nitrogens is 4. The lowest BCUT2D eigenvalue weighted by atomic mass is 10.1. The van der Waals surface area contributed by atoms with Crippen LogP contribution in [0.3, 0.4) is 0 Å². The number of carbonyl (C=O) groups is 1. The molecule has 7 nitrogen and oxygen atoms in total. The Balaban J connectivity index is 1.51. The van der Waals surface area contributed by atoms with Crippen LogP contribution in [-0.2, 0) is 11.3 Å². The molecule has 4 aromatic rings. The summed E-state index contributed by atoms with van der Waals surface area (Å²) in [5, 5.41) is 8.42. The number of anilines is 1. The Morgan fingerprint density at radius 2 is 1.93 bits per heavy atom. The van der Waals surface area contributed by atoms with Gasteiger partial charge >= 0.3 is 0 Å². The Morgan fingerprint density at radius 1 is 1.13 bits per heavy atom. The number of para-hydroxylation sites is 1. The molecule has 0 saturated heterocycles. The molecule has 2 aromatic heterocycles. The number of benzene rings is 2. The lowest BCUT2D eigenvalue weighted by Crippen LogP contribution is -2.24. The van der Waals surface area contributed by atoms with E-state index in [1.807, 2.05) is 38.1 Å². The molecule has 1 N–H and O–H groups in total. The Hall–Kier alpha value is -3.45. The summed E-state index contributed by atoms with van der Waals surface area (Å²) in [6.07, 6.45) is 1.62. The second-order valence-electron chi connectivity index (χ2n) is 7.08. The molecule has 0 spiro atoms. The highest BCUT2D eigenvalue weighted by Crippen LogP contribution is 2.20. The van der Waals surface area contributed by atoms with Crippen molar-refractivity contribution < 1.29 is 4.79 Å². The zero-order chi connectivity index (χ0) is 21.3. The maximum absolute atomic E-state index is 12.7. The number of fused-ring (bicyclic) bond motifs is 1. The monoisotopic (exact) mass is 421 g/mol. The van der Waals surface area contributed by atoms with Gasteiger partial charge in [-0.2, -0.15) is 5.10 Å². The minimum absolute atomic E-state index is 0.124. The maximum Gasteiger partial charge on any atom is 0.261 e. The number of hydrogen-bond acceptors (Lipinski definition) is 4. The third-order valence-electron chi connectivity index (χ3n) is 4.79. The first-order chi connectivity index (χ1) is 14.4. The van der Waals surface area contributed by atoms with Gasteiger partial charge in [-0.25, -0.2) is 9.67 Å². The summed E-state index contributed by atoms with van der Waals surface area (Å²) in [5.41, 5.74) is 2.98. The quantitative estimate of drug-likeness (QED) is 0.530. The van der Waals surface area contributed by atoms with Crippen LogP contribution in [0.25, 0.3) is 16.6 Å². The van der Waals surface area contributed by atoms with Gasteiger partial charge < -0.3 is 5.32 Å². The van der Waals surface area contributed by atoms with E-state index in [0.717, 1.165) is 16.9 Å². The molecule has 152 valence electrons. The van der Waals surface area contributed by atoms with Crippen LogP contribution in [0.15, 0.2) is 59.7 Å². The highest BCUT2D eigenvalue weighted by atomic mass is 35.5. The van der Waals surface area contributed by atoms with Crippen molar-refractivity contribution in [2.45, 2.75) is 26.8 Å². The molecule has 30 heavy (non-hydrogen) atoms. The van der Waals surface area contributed by atoms with Crippen molar-refractivity contribution in [2.75, 3.05) is 5.32 Å². The number of hydrogen-bond donors (Lipinski definition) is 1. The zero-order valence-electron chi connectivity index (χ0n) is 16.6. The maximum atomic E-state index is 12.7. The average molecular weight is 422 g/mol. The highest BCUT2D eigenvalue weighted by Gasteiger charge is 2.12. The van der Waals surface area contributed by atoms with Crippen LogP contribution in [0, 0.1) is 13.8 Å². The minimum Gasteiger partial charge on any atom is -0.311 e. The van der Waals surface area contributed by atoms with E-state index in [1.165, 1.54) is 10.9 Å². The average Bonchev–Trinajstić information content (AvgIpc) is 3.08. The first-order valence-electron chi connectivity index (χ1n) is 9.49.